The van der Waals surface area contributed by atoms with Crippen molar-refractivity contribution in [3.05, 3.63) is 0 Å². The summed E-state index contributed by atoms with van der Waals surface area (Å²) < 4.78 is 15.6. The maximum atomic E-state index is 12.1. The van der Waals surface area contributed by atoms with Gasteiger partial charge in [-0.3, -0.25) is 19.2 Å². The predicted molar refractivity (Wildman–Crippen MR) is 86.1 cm³/mol. The van der Waals surface area contributed by atoms with Crippen molar-refractivity contribution >= 4 is 29.9 Å². The molecule has 2 amide bonds. The first-order chi connectivity index (χ1) is 12.4. The number of nitrogens with one attached hydrogen (secondary N) is 1. The maximum Gasteiger partial charge on any atom is 0.410 e. The molecular weight excluding hydrogens is 364 g/mol. The van der Waals surface area contributed by atoms with Crippen LogP contribution < -0.4 is 5.32 Å². The van der Waals surface area contributed by atoms with Crippen LogP contribution in [0.25, 0.3) is 0 Å². The summed E-state index contributed by atoms with van der Waals surface area (Å²) in [6.45, 7) is 4.71. The number of carbonyl (C=O) groups excluding carboxylic acids is 4. The largest absolute Gasteiger partial charge is 0.480 e. The lowest BCUT2D eigenvalue weighted by Crippen LogP contribution is -2.58. The summed E-state index contributed by atoms with van der Waals surface area (Å²) in [6, 6.07) is 0. The molecule has 27 heavy (non-hydrogen) atoms. The number of amides is 2. The second-order valence-corrected chi connectivity index (χ2v) is 7.26. The number of piperidine rings is 1. The molecule has 0 aromatic carbocycles. The Kier molecular flexibility index (Phi) is 5.62. The third-order valence-corrected chi connectivity index (χ3v) is 3.90. The minimum Gasteiger partial charge on any atom is -0.480 e. The van der Waals surface area contributed by atoms with Gasteiger partial charge in [0.1, 0.15) is 12.1 Å². The third kappa shape index (κ3) is 5.08. The standard InChI is InChI=1S/C16H22N2O9/c1-15(2,3)27-14(24)18-6-4-16(5-7-18)25-12(22)10(13(23)26-16)11(21)17-8-9(19)20/h10H,4-8H2,1-3H3,(H,17,21)(H,19,20). The summed E-state index contributed by atoms with van der Waals surface area (Å²) in [4.78, 5) is 60.0. The Bertz CT molecular complexity index is 639. The molecule has 2 fully saturated rings. The topological polar surface area (TPSA) is 149 Å². The number of hydrogen-bond donors (Lipinski definition) is 2. The van der Waals surface area contributed by atoms with Crippen LogP contribution in [0.2, 0.25) is 0 Å². The molecule has 11 nitrogen and oxygen atoms in total. The van der Waals surface area contributed by atoms with Crippen LogP contribution in [-0.2, 0) is 33.4 Å². The van der Waals surface area contributed by atoms with Gasteiger partial charge in [0.2, 0.25) is 11.8 Å². The Hall–Kier alpha value is -2.85. The molecular formula is C16H22N2O9. The quantitative estimate of drug-likeness (QED) is 0.489. The third-order valence-electron chi connectivity index (χ3n) is 3.90. The molecule has 2 aliphatic rings. The van der Waals surface area contributed by atoms with Crippen molar-refractivity contribution in [2.75, 3.05) is 19.6 Å². The van der Waals surface area contributed by atoms with Crippen LogP contribution in [0, 0.1) is 5.92 Å². The lowest BCUT2D eigenvalue weighted by Gasteiger charge is -2.43. The van der Waals surface area contributed by atoms with Gasteiger partial charge in [-0.1, -0.05) is 0 Å². The minimum atomic E-state index is -1.88. The van der Waals surface area contributed by atoms with Gasteiger partial charge in [0.25, 0.3) is 5.79 Å². The van der Waals surface area contributed by atoms with E-state index in [-0.39, 0.29) is 25.9 Å². The number of rotatable bonds is 3. The fourth-order valence-corrected chi connectivity index (χ4v) is 2.64. The molecule has 2 saturated heterocycles. The van der Waals surface area contributed by atoms with Crippen molar-refractivity contribution in [2.45, 2.75) is 45.0 Å². The van der Waals surface area contributed by atoms with Crippen molar-refractivity contribution in [3.8, 4) is 0 Å². The number of carboxylic acid groups (broad SMARTS) is 1. The first-order valence-electron chi connectivity index (χ1n) is 8.36. The van der Waals surface area contributed by atoms with Gasteiger partial charge in [0.05, 0.1) is 0 Å². The van der Waals surface area contributed by atoms with E-state index in [9.17, 15) is 24.0 Å². The smallest absolute Gasteiger partial charge is 0.410 e. The van der Waals surface area contributed by atoms with Crippen molar-refractivity contribution in [2.24, 2.45) is 5.92 Å². The van der Waals surface area contributed by atoms with Crippen molar-refractivity contribution in [1.82, 2.24) is 10.2 Å². The van der Waals surface area contributed by atoms with E-state index >= 15 is 0 Å². The van der Waals surface area contributed by atoms with Crippen LogP contribution in [0.4, 0.5) is 4.79 Å². The van der Waals surface area contributed by atoms with Gasteiger partial charge < -0.3 is 29.5 Å². The first-order valence-corrected chi connectivity index (χ1v) is 8.36. The van der Waals surface area contributed by atoms with Crippen LogP contribution in [0.5, 0.6) is 0 Å². The number of hydrogen-bond acceptors (Lipinski definition) is 8. The summed E-state index contributed by atoms with van der Waals surface area (Å²) in [5.41, 5.74) is -0.660. The van der Waals surface area contributed by atoms with E-state index < -0.39 is 53.8 Å². The number of carbonyl (C=O) groups is 5. The molecule has 0 bridgehead atoms. The number of ether oxygens (including phenoxy) is 3. The van der Waals surface area contributed by atoms with Gasteiger partial charge in [0.15, 0.2) is 0 Å². The van der Waals surface area contributed by atoms with Crippen molar-refractivity contribution in [3.63, 3.8) is 0 Å². The molecule has 0 aromatic rings. The van der Waals surface area contributed by atoms with E-state index in [1.165, 1.54) is 4.90 Å². The average molecular weight is 386 g/mol. The first kappa shape index (κ1) is 20.5. The average Bonchev–Trinajstić information content (AvgIpc) is 2.51. The minimum absolute atomic E-state index is 0.0349. The van der Waals surface area contributed by atoms with Crippen LogP contribution in [-0.4, -0.2) is 70.9 Å². The van der Waals surface area contributed by atoms with E-state index in [0.29, 0.717) is 0 Å². The lowest BCUT2D eigenvalue weighted by molar-refractivity contribution is -0.261. The summed E-state index contributed by atoms with van der Waals surface area (Å²) in [5.74, 6) is -8.07. The van der Waals surface area contributed by atoms with Gasteiger partial charge in [-0.25, -0.2) is 4.79 Å². The van der Waals surface area contributed by atoms with Crippen molar-refractivity contribution < 1.29 is 43.3 Å². The fraction of sp³-hybridized carbons (Fsp3) is 0.688. The highest BCUT2D eigenvalue weighted by Crippen LogP contribution is 2.34. The van der Waals surface area contributed by atoms with Crippen LogP contribution >= 0.6 is 0 Å². The predicted octanol–water partition coefficient (Wildman–Crippen LogP) is -0.369. The Morgan fingerprint density at radius 2 is 1.70 bits per heavy atom. The summed E-state index contributed by atoms with van der Waals surface area (Å²) in [7, 11) is 0. The number of esters is 2. The normalized spacial score (nSPS) is 19.9. The number of likely N-dealkylation sites (tertiary alicyclic amines) is 1. The van der Waals surface area contributed by atoms with E-state index in [1.54, 1.807) is 20.8 Å². The molecule has 2 aliphatic heterocycles. The van der Waals surface area contributed by atoms with E-state index in [4.69, 9.17) is 19.3 Å². The highest BCUT2D eigenvalue weighted by molar-refractivity contribution is 6.15. The number of carboxylic acids is 1. The highest BCUT2D eigenvalue weighted by Gasteiger charge is 2.53. The van der Waals surface area contributed by atoms with Gasteiger partial charge >= 0.3 is 24.0 Å². The fourth-order valence-electron chi connectivity index (χ4n) is 2.64. The molecule has 0 aromatic heterocycles. The van der Waals surface area contributed by atoms with Gasteiger partial charge in [0, 0.05) is 25.9 Å². The number of nitrogens with zero attached hydrogens (tertiary/aromatic N) is 1. The maximum absolute atomic E-state index is 12.1. The zero-order chi connectivity index (χ0) is 20.4. The molecule has 0 unspecified atom stereocenters. The number of aliphatic carboxylic acids is 1. The van der Waals surface area contributed by atoms with Crippen LogP contribution in [0.15, 0.2) is 0 Å². The molecule has 0 radical (unpaired) electrons. The summed E-state index contributed by atoms with van der Waals surface area (Å²) in [5, 5.41) is 10.5. The van der Waals surface area contributed by atoms with E-state index in [1.807, 2.05) is 5.32 Å². The monoisotopic (exact) mass is 386 g/mol. The Morgan fingerprint density at radius 3 is 2.15 bits per heavy atom. The molecule has 11 heteroatoms. The van der Waals surface area contributed by atoms with Crippen LogP contribution in [0.3, 0.4) is 0 Å². The van der Waals surface area contributed by atoms with E-state index in [0.717, 1.165) is 0 Å². The molecule has 2 rings (SSSR count). The zero-order valence-corrected chi connectivity index (χ0v) is 15.3. The van der Waals surface area contributed by atoms with E-state index in [2.05, 4.69) is 0 Å². The van der Waals surface area contributed by atoms with Crippen LogP contribution in [0.1, 0.15) is 33.6 Å². The molecule has 0 saturated carbocycles. The molecule has 150 valence electrons. The zero-order valence-electron chi connectivity index (χ0n) is 15.3. The summed E-state index contributed by atoms with van der Waals surface area (Å²) >= 11 is 0. The van der Waals surface area contributed by atoms with Gasteiger partial charge in [-0.15, -0.1) is 0 Å². The van der Waals surface area contributed by atoms with Gasteiger partial charge in [-0.2, -0.15) is 0 Å². The van der Waals surface area contributed by atoms with Gasteiger partial charge in [-0.05, 0) is 20.8 Å². The highest BCUT2D eigenvalue weighted by atomic mass is 16.7. The Labute approximate surface area is 154 Å². The second kappa shape index (κ2) is 7.41. The second-order valence-electron chi connectivity index (χ2n) is 7.26. The SMILES string of the molecule is CC(C)(C)OC(=O)N1CCC2(CC1)OC(=O)C(C(=O)NCC(=O)O)C(=O)O2. The molecule has 0 aliphatic carbocycles. The van der Waals surface area contributed by atoms with Crippen molar-refractivity contribution in [1.29, 1.82) is 0 Å². The Balaban J connectivity index is 1.96. The Morgan fingerprint density at radius 1 is 1.19 bits per heavy atom. The molecule has 0 atom stereocenters. The molecule has 2 heterocycles. The molecule has 2 N–H and O–H groups in total. The molecule has 1 spiro atoms. The lowest BCUT2D eigenvalue weighted by atomic mass is 10.00. The summed E-state index contributed by atoms with van der Waals surface area (Å²) in [6.07, 6.45) is -0.461.